The fraction of sp³-hybridized carbons (Fsp3) is 0.444. The molecule has 1 aromatic carbocycles. The molecule has 2 rings (SSSR count). The summed E-state index contributed by atoms with van der Waals surface area (Å²) >= 11 is 0. The maximum absolute atomic E-state index is 12.2. The number of carbonyl (C=O) groups is 2. The lowest BCUT2D eigenvalue weighted by atomic mass is 10.2. The van der Waals surface area contributed by atoms with E-state index >= 15 is 0 Å². The highest BCUT2D eigenvalue weighted by Gasteiger charge is 2.21. The summed E-state index contributed by atoms with van der Waals surface area (Å²) in [7, 11) is 0. The molecule has 1 saturated heterocycles. The predicted octanol–water partition coefficient (Wildman–Crippen LogP) is 1.08. The lowest BCUT2D eigenvalue weighted by molar-refractivity contribution is -0.121. The van der Waals surface area contributed by atoms with E-state index in [0.717, 1.165) is 18.5 Å². The first-order chi connectivity index (χ1) is 11.7. The maximum Gasteiger partial charge on any atom is 0.410 e. The molecule has 0 bridgehead atoms. The highest BCUT2D eigenvalue weighted by molar-refractivity contribution is 5.78. The summed E-state index contributed by atoms with van der Waals surface area (Å²) < 4.78 is 5.36. The second-order valence-electron chi connectivity index (χ2n) is 5.64. The average molecular weight is 329 g/mol. The van der Waals surface area contributed by atoms with E-state index in [2.05, 4.69) is 11.2 Å². The van der Waals surface area contributed by atoms with Crippen molar-refractivity contribution in [2.45, 2.75) is 13.0 Å². The number of hydrogen-bond acceptors (Lipinski definition) is 4. The van der Waals surface area contributed by atoms with Crippen LogP contribution >= 0.6 is 0 Å². The van der Waals surface area contributed by atoms with Crippen LogP contribution in [0.3, 0.4) is 0 Å². The van der Waals surface area contributed by atoms with Gasteiger partial charge in [-0.1, -0.05) is 36.3 Å². The van der Waals surface area contributed by atoms with Crippen LogP contribution in [0.4, 0.5) is 4.79 Å². The molecule has 0 radical (unpaired) electrons. The van der Waals surface area contributed by atoms with Crippen LogP contribution in [0.25, 0.3) is 0 Å². The third-order valence-electron chi connectivity index (χ3n) is 3.81. The Morgan fingerprint density at radius 3 is 2.71 bits per heavy atom. The summed E-state index contributed by atoms with van der Waals surface area (Å²) in [6.07, 6.45) is 5.62. The first kappa shape index (κ1) is 17.8. The van der Waals surface area contributed by atoms with Crippen molar-refractivity contribution in [2.24, 2.45) is 0 Å². The lowest BCUT2D eigenvalue weighted by Gasteiger charge is -2.21. The molecule has 1 heterocycles. The number of hydrogen-bond donors (Lipinski definition) is 1. The van der Waals surface area contributed by atoms with Crippen LogP contribution in [0.2, 0.25) is 0 Å². The van der Waals surface area contributed by atoms with Gasteiger partial charge in [-0.05, 0) is 12.0 Å². The van der Waals surface area contributed by atoms with Gasteiger partial charge in [-0.15, -0.1) is 6.42 Å². The van der Waals surface area contributed by atoms with Crippen molar-refractivity contribution in [3.63, 3.8) is 0 Å². The molecule has 1 fully saturated rings. The predicted molar refractivity (Wildman–Crippen MR) is 91.1 cm³/mol. The van der Waals surface area contributed by atoms with E-state index in [-0.39, 0.29) is 25.2 Å². The van der Waals surface area contributed by atoms with Crippen LogP contribution in [-0.4, -0.2) is 61.1 Å². The smallest absolute Gasteiger partial charge is 0.410 e. The van der Waals surface area contributed by atoms with Gasteiger partial charge in [0.15, 0.2) is 0 Å². The van der Waals surface area contributed by atoms with Crippen molar-refractivity contribution in [1.82, 2.24) is 15.1 Å². The summed E-state index contributed by atoms with van der Waals surface area (Å²) in [5.74, 6) is 2.29. The lowest BCUT2D eigenvalue weighted by Crippen LogP contribution is -2.40. The van der Waals surface area contributed by atoms with Crippen LogP contribution in [0.1, 0.15) is 12.0 Å². The monoisotopic (exact) mass is 329 g/mol. The van der Waals surface area contributed by atoms with Gasteiger partial charge in [-0.3, -0.25) is 9.69 Å². The maximum atomic E-state index is 12.2. The normalized spacial score (nSPS) is 15.2. The number of rotatable bonds is 5. The van der Waals surface area contributed by atoms with E-state index in [1.54, 1.807) is 4.90 Å². The molecule has 0 aliphatic carbocycles. The van der Waals surface area contributed by atoms with Crippen molar-refractivity contribution in [1.29, 1.82) is 0 Å². The Kier molecular flexibility index (Phi) is 7.12. The molecule has 6 heteroatoms. The van der Waals surface area contributed by atoms with E-state index < -0.39 is 0 Å². The van der Waals surface area contributed by atoms with Gasteiger partial charge in [-0.25, -0.2) is 4.79 Å². The minimum absolute atomic E-state index is 0.0898. The molecule has 128 valence electrons. The topological polar surface area (TPSA) is 61.9 Å². The standard InChI is InChI=1S/C18H23N3O3/c1-2-9-19-17(22)14-20-10-6-11-21(13-12-20)18(23)24-15-16-7-4-3-5-8-16/h1,3-5,7-8H,6,9-15H2,(H,19,22). The van der Waals surface area contributed by atoms with Crippen LogP contribution in [-0.2, 0) is 16.1 Å². The van der Waals surface area contributed by atoms with Gasteiger partial charge in [0.2, 0.25) is 5.91 Å². The van der Waals surface area contributed by atoms with E-state index in [0.29, 0.717) is 26.2 Å². The minimum Gasteiger partial charge on any atom is -0.445 e. The van der Waals surface area contributed by atoms with Crippen LogP contribution in [0.5, 0.6) is 0 Å². The molecule has 0 aromatic heterocycles. The number of carbonyl (C=O) groups excluding carboxylic acids is 2. The average Bonchev–Trinajstić information content (AvgIpc) is 2.84. The second-order valence-corrected chi connectivity index (χ2v) is 5.64. The Hall–Kier alpha value is -2.52. The summed E-state index contributed by atoms with van der Waals surface area (Å²) in [6, 6.07) is 9.60. The quantitative estimate of drug-likeness (QED) is 0.821. The highest BCUT2D eigenvalue weighted by atomic mass is 16.6. The zero-order valence-electron chi connectivity index (χ0n) is 13.7. The third-order valence-corrected chi connectivity index (χ3v) is 3.81. The number of amides is 2. The largest absolute Gasteiger partial charge is 0.445 e. The summed E-state index contributed by atoms with van der Waals surface area (Å²) in [4.78, 5) is 27.6. The molecule has 0 unspecified atom stereocenters. The van der Waals surface area contributed by atoms with E-state index in [4.69, 9.17) is 11.2 Å². The Morgan fingerprint density at radius 1 is 1.17 bits per heavy atom. The molecule has 1 aliphatic heterocycles. The molecule has 24 heavy (non-hydrogen) atoms. The highest BCUT2D eigenvalue weighted by Crippen LogP contribution is 2.07. The van der Waals surface area contributed by atoms with Crippen LogP contribution in [0.15, 0.2) is 30.3 Å². The van der Waals surface area contributed by atoms with Gasteiger partial charge in [0, 0.05) is 26.2 Å². The van der Waals surface area contributed by atoms with Gasteiger partial charge >= 0.3 is 6.09 Å². The van der Waals surface area contributed by atoms with E-state index in [9.17, 15) is 9.59 Å². The summed E-state index contributed by atoms with van der Waals surface area (Å²) in [5, 5.41) is 2.65. The molecule has 0 spiro atoms. The number of benzene rings is 1. The molecular formula is C18H23N3O3. The Labute approximate surface area is 142 Å². The van der Waals surface area contributed by atoms with Gasteiger partial charge in [0.1, 0.15) is 6.61 Å². The van der Waals surface area contributed by atoms with Crippen molar-refractivity contribution in [2.75, 3.05) is 39.3 Å². The van der Waals surface area contributed by atoms with Crippen LogP contribution < -0.4 is 5.32 Å². The number of nitrogens with zero attached hydrogens (tertiary/aromatic N) is 2. The van der Waals surface area contributed by atoms with E-state index in [1.807, 2.05) is 35.2 Å². The van der Waals surface area contributed by atoms with Gasteiger partial charge in [0.05, 0.1) is 13.1 Å². The fourth-order valence-electron chi connectivity index (χ4n) is 2.53. The number of terminal acetylenes is 1. The zero-order chi connectivity index (χ0) is 17.2. The molecular weight excluding hydrogens is 306 g/mol. The third kappa shape index (κ3) is 5.94. The van der Waals surface area contributed by atoms with Crippen LogP contribution in [0, 0.1) is 12.3 Å². The molecule has 0 saturated carbocycles. The first-order valence-corrected chi connectivity index (χ1v) is 8.07. The summed E-state index contributed by atoms with van der Waals surface area (Å²) in [6.45, 7) is 3.41. The Morgan fingerprint density at radius 2 is 1.96 bits per heavy atom. The van der Waals surface area contributed by atoms with Gasteiger partial charge in [0.25, 0.3) is 0 Å². The Bertz CT molecular complexity index is 583. The zero-order valence-corrected chi connectivity index (χ0v) is 13.7. The first-order valence-electron chi connectivity index (χ1n) is 8.07. The fourth-order valence-corrected chi connectivity index (χ4v) is 2.53. The minimum atomic E-state index is -0.308. The van der Waals surface area contributed by atoms with Crippen molar-refractivity contribution in [3.8, 4) is 12.3 Å². The molecule has 2 amide bonds. The van der Waals surface area contributed by atoms with Gasteiger partial charge in [-0.2, -0.15) is 0 Å². The summed E-state index contributed by atoms with van der Waals surface area (Å²) in [5.41, 5.74) is 0.965. The second kappa shape index (κ2) is 9.58. The number of nitrogens with one attached hydrogen (secondary N) is 1. The van der Waals surface area contributed by atoms with E-state index in [1.165, 1.54) is 0 Å². The van der Waals surface area contributed by atoms with Crippen molar-refractivity contribution in [3.05, 3.63) is 35.9 Å². The van der Waals surface area contributed by atoms with Crippen molar-refractivity contribution < 1.29 is 14.3 Å². The Balaban J connectivity index is 1.74. The number of ether oxygens (including phenoxy) is 1. The SMILES string of the molecule is C#CCNC(=O)CN1CCCN(C(=O)OCc2ccccc2)CC1. The van der Waals surface area contributed by atoms with Gasteiger partial charge < -0.3 is 15.0 Å². The molecule has 6 nitrogen and oxygen atoms in total. The molecule has 1 aliphatic rings. The molecule has 1 aromatic rings. The molecule has 1 N–H and O–H groups in total. The van der Waals surface area contributed by atoms with Crippen molar-refractivity contribution >= 4 is 12.0 Å². The molecule has 0 atom stereocenters.